The Labute approximate surface area is 84.1 Å². The Morgan fingerprint density at radius 3 is 2.86 bits per heavy atom. The van der Waals surface area contributed by atoms with Crippen LogP contribution in [0.1, 0.15) is 12.6 Å². The highest BCUT2D eigenvalue weighted by Gasteiger charge is 1.94. The van der Waals surface area contributed by atoms with Crippen molar-refractivity contribution in [2.45, 2.75) is 13.3 Å². The number of rotatable bonds is 2. The highest BCUT2D eigenvalue weighted by Crippen LogP contribution is 2.11. The van der Waals surface area contributed by atoms with Gasteiger partial charge < -0.3 is 0 Å². The first-order valence-corrected chi connectivity index (χ1v) is 4.86. The number of benzene rings is 1. The van der Waals surface area contributed by atoms with Crippen LogP contribution in [0.15, 0.2) is 48.6 Å². The molecule has 1 aromatic carbocycles. The Morgan fingerprint density at radius 1 is 1.14 bits per heavy atom. The second-order valence-corrected chi connectivity index (χ2v) is 3.27. The standard InChI is InChI=1S/C13H13N/c1-2-3-7-12-10-9-11-6-4-5-8-13(11)14-12/h2-6,8-10H,7H2,1H3. The Hall–Kier alpha value is -1.63. The number of allylic oxidation sites excluding steroid dienone is 2. The molecule has 70 valence electrons. The second-order valence-electron chi connectivity index (χ2n) is 3.27. The summed E-state index contributed by atoms with van der Waals surface area (Å²) in [5.41, 5.74) is 2.20. The first-order chi connectivity index (χ1) is 6.90. The lowest BCUT2D eigenvalue weighted by molar-refractivity contribution is 1.14. The van der Waals surface area contributed by atoms with Crippen LogP contribution < -0.4 is 0 Å². The monoisotopic (exact) mass is 183 g/mol. The molecule has 0 N–H and O–H groups in total. The Balaban J connectivity index is 2.41. The van der Waals surface area contributed by atoms with Gasteiger partial charge in [0.25, 0.3) is 0 Å². The lowest BCUT2D eigenvalue weighted by atomic mass is 10.2. The first kappa shape index (κ1) is 8.95. The van der Waals surface area contributed by atoms with E-state index in [4.69, 9.17) is 0 Å². The van der Waals surface area contributed by atoms with Crippen LogP contribution in [0.25, 0.3) is 10.9 Å². The maximum absolute atomic E-state index is 4.56. The van der Waals surface area contributed by atoms with Gasteiger partial charge in [0.05, 0.1) is 5.52 Å². The maximum atomic E-state index is 4.56. The van der Waals surface area contributed by atoms with E-state index in [2.05, 4.69) is 41.4 Å². The molecule has 0 unspecified atom stereocenters. The predicted octanol–water partition coefficient (Wildman–Crippen LogP) is 3.35. The van der Waals surface area contributed by atoms with Crippen LogP contribution >= 0.6 is 0 Å². The molecule has 0 atom stereocenters. The van der Waals surface area contributed by atoms with Crippen LogP contribution in [0, 0.1) is 0 Å². The average molecular weight is 183 g/mol. The highest BCUT2D eigenvalue weighted by molar-refractivity contribution is 5.78. The van der Waals surface area contributed by atoms with Crippen LogP contribution in [0.2, 0.25) is 0 Å². The molecule has 2 rings (SSSR count). The molecule has 0 bridgehead atoms. The minimum atomic E-state index is 0.918. The quantitative estimate of drug-likeness (QED) is 0.650. The Bertz CT molecular complexity index is 457. The summed E-state index contributed by atoms with van der Waals surface area (Å²) in [6.45, 7) is 2.03. The molecule has 1 nitrogen and oxygen atoms in total. The number of nitrogens with zero attached hydrogens (tertiary/aromatic N) is 1. The number of pyridine rings is 1. The largest absolute Gasteiger partial charge is 0.253 e. The van der Waals surface area contributed by atoms with E-state index in [9.17, 15) is 0 Å². The van der Waals surface area contributed by atoms with Crippen molar-refractivity contribution in [1.29, 1.82) is 0 Å². The van der Waals surface area contributed by atoms with Crippen molar-refractivity contribution in [3.05, 3.63) is 54.2 Å². The predicted molar refractivity (Wildman–Crippen MR) is 60.3 cm³/mol. The normalized spacial score (nSPS) is 11.2. The molecule has 0 aliphatic heterocycles. The summed E-state index contributed by atoms with van der Waals surface area (Å²) in [5.74, 6) is 0. The zero-order valence-electron chi connectivity index (χ0n) is 8.27. The fourth-order valence-electron chi connectivity index (χ4n) is 1.46. The van der Waals surface area contributed by atoms with Gasteiger partial charge in [-0.3, -0.25) is 4.98 Å². The number of hydrogen-bond donors (Lipinski definition) is 0. The van der Waals surface area contributed by atoms with Crippen molar-refractivity contribution in [2.24, 2.45) is 0 Å². The molecule has 1 heterocycles. The minimum absolute atomic E-state index is 0.918. The summed E-state index contributed by atoms with van der Waals surface area (Å²) in [7, 11) is 0. The Kier molecular flexibility index (Phi) is 2.59. The molecule has 0 fully saturated rings. The van der Waals surface area contributed by atoms with Gasteiger partial charge in [-0.05, 0) is 19.1 Å². The molecular weight excluding hydrogens is 170 g/mol. The molecule has 0 aliphatic carbocycles. The SMILES string of the molecule is CC=CCc1ccc2ccccc2n1. The fraction of sp³-hybridized carbons (Fsp3) is 0.154. The van der Waals surface area contributed by atoms with E-state index in [1.807, 2.05) is 19.1 Å². The summed E-state index contributed by atoms with van der Waals surface area (Å²) >= 11 is 0. The lowest BCUT2D eigenvalue weighted by Crippen LogP contribution is -1.87. The zero-order chi connectivity index (χ0) is 9.80. The molecule has 0 radical (unpaired) electrons. The molecule has 0 spiro atoms. The van der Waals surface area contributed by atoms with Gasteiger partial charge in [-0.1, -0.05) is 36.4 Å². The van der Waals surface area contributed by atoms with Crippen molar-refractivity contribution < 1.29 is 0 Å². The first-order valence-electron chi connectivity index (χ1n) is 4.86. The lowest BCUT2D eigenvalue weighted by Gasteiger charge is -1.99. The van der Waals surface area contributed by atoms with Crippen LogP contribution in [-0.2, 0) is 6.42 Å². The number of fused-ring (bicyclic) bond motifs is 1. The molecule has 0 saturated carbocycles. The van der Waals surface area contributed by atoms with E-state index in [1.54, 1.807) is 0 Å². The topological polar surface area (TPSA) is 12.9 Å². The van der Waals surface area contributed by atoms with Crippen LogP contribution in [-0.4, -0.2) is 4.98 Å². The van der Waals surface area contributed by atoms with Crippen molar-refractivity contribution >= 4 is 10.9 Å². The van der Waals surface area contributed by atoms with Gasteiger partial charge in [-0.2, -0.15) is 0 Å². The van der Waals surface area contributed by atoms with E-state index >= 15 is 0 Å². The van der Waals surface area contributed by atoms with Crippen LogP contribution in [0.3, 0.4) is 0 Å². The van der Waals surface area contributed by atoms with Gasteiger partial charge in [0.15, 0.2) is 0 Å². The average Bonchev–Trinajstić information content (AvgIpc) is 2.26. The molecule has 0 saturated heterocycles. The smallest absolute Gasteiger partial charge is 0.0705 e. The van der Waals surface area contributed by atoms with Gasteiger partial charge in [0, 0.05) is 17.5 Å². The van der Waals surface area contributed by atoms with E-state index in [0.29, 0.717) is 0 Å². The number of aromatic nitrogens is 1. The third-order valence-corrected chi connectivity index (χ3v) is 2.22. The van der Waals surface area contributed by atoms with Crippen LogP contribution in [0.4, 0.5) is 0 Å². The molecule has 14 heavy (non-hydrogen) atoms. The fourth-order valence-corrected chi connectivity index (χ4v) is 1.46. The second kappa shape index (κ2) is 4.05. The van der Waals surface area contributed by atoms with Crippen molar-refractivity contribution in [3.8, 4) is 0 Å². The molecule has 1 heteroatoms. The van der Waals surface area contributed by atoms with Crippen molar-refractivity contribution in [2.75, 3.05) is 0 Å². The van der Waals surface area contributed by atoms with Gasteiger partial charge in [0.1, 0.15) is 0 Å². The highest BCUT2D eigenvalue weighted by atomic mass is 14.7. The van der Waals surface area contributed by atoms with Gasteiger partial charge >= 0.3 is 0 Å². The summed E-state index contributed by atoms with van der Waals surface area (Å²) in [4.78, 5) is 4.56. The maximum Gasteiger partial charge on any atom is 0.0705 e. The van der Waals surface area contributed by atoms with Crippen molar-refractivity contribution in [3.63, 3.8) is 0 Å². The summed E-state index contributed by atoms with van der Waals surface area (Å²) in [6.07, 6.45) is 5.09. The molecule has 2 aromatic rings. The van der Waals surface area contributed by atoms with Crippen LogP contribution in [0.5, 0.6) is 0 Å². The van der Waals surface area contributed by atoms with Crippen molar-refractivity contribution in [1.82, 2.24) is 4.98 Å². The number of hydrogen-bond acceptors (Lipinski definition) is 1. The summed E-state index contributed by atoms with van der Waals surface area (Å²) in [5, 5.41) is 1.21. The molecule has 1 aromatic heterocycles. The molecular formula is C13H13N. The summed E-state index contributed by atoms with van der Waals surface area (Å²) < 4.78 is 0. The van der Waals surface area contributed by atoms with E-state index in [0.717, 1.165) is 17.6 Å². The van der Waals surface area contributed by atoms with Gasteiger partial charge in [-0.15, -0.1) is 0 Å². The minimum Gasteiger partial charge on any atom is -0.253 e. The molecule has 0 aliphatic rings. The molecule has 0 amide bonds. The van der Waals surface area contributed by atoms with E-state index in [-0.39, 0.29) is 0 Å². The van der Waals surface area contributed by atoms with Gasteiger partial charge in [0.2, 0.25) is 0 Å². The summed E-state index contributed by atoms with van der Waals surface area (Å²) in [6, 6.07) is 12.4. The number of para-hydroxylation sites is 1. The Morgan fingerprint density at radius 2 is 2.00 bits per heavy atom. The van der Waals surface area contributed by atoms with Gasteiger partial charge in [-0.25, -0.2) is 0 Å². The zero-order valence-corrected chi connectivity index (χ0v) is 8.27. The van der Waals surface area contributed by atoms with E-state index in [1.165, 1.54) is 5.39 Å². The third-order valence-electron chi connectivity index (χ3n) is 2.22. The third kappa shape index (κ3) is 1.82. The van der Waals surface area contributed by atoms with E-state index < -0.39 is 0 Å².